The van der Waals surface area contributed by atoms with Crippen molar-refractivity contribution in [3.05, 3.63) is 23.8 Å². The second-order valence-electron chi connectivity index (χ2n) is 4.32. The molecule has 0 saturated carbocycles. The molecule has 0 aliphatic rings. The molecule has 0 aromatic heterocycles. The fourth-order valence-electron chi connectivity index (χ4n) is 1.53. The largest absolute Gasteiger partial charge is 0.484 e. The van der Waals surface area contributed by atoms with Gasteiger partial charge in [-0.3, -0.25) is 4.79 Å². The maximum absolute atomic E-state index is 12.1. The van der Waals surface area contributed by atoms with E-state index in [1.807, 2.05) is 0 Å². The zero-order chi connectivity index (χ0) is 15.2. The molecule has 1 rings (SSSR count). The molecule has 0 aliphatic heterocycles. The van der Waals surface area contributed by atoms with Gasteiger partial charge in [-0.2, -0.15) is 13.2 Å². The van der Waals surface area contributed by atoms with Crippen LogP contribution in [-0.2, 0) is 4.79 Å². The Kier molecular flexibility index (Phi) is 5.82. The maximum Gasteiger partial charge on any atom is 0.422 e. The van der Waals surface area contributed by atoms with Gasteiger partial charge in [0.2, 0.25) is 5.91 Å². The first kappa shape index (κ1) is 16.3. The van der Waals surface area contributed by atoms with Gasteiger partial charge in [-0.15, -0.1) is 0 Å². The van der Waals surface area contributed by atoms with E-state index in [0.29, 0.717) is 30.6 Å². The van der Waals surface area contributed by atoms with Crippen molar-refractivity contribution in [3.8, 4) is 5.75 Å². The van der Waals surface area contributed by atoms with Crippen LogP contribution in [0.3, 0.4) is 0 Å². The summed E-state index contributed by atoms with van der Waals surface area (Å²) in [6.07, 6.45) is -3.49. The molecule has 0 aliphatic carbocycles. The van der Waals surface area contributed by atoms with Crippen molar-refractivity contribution in [2.75, 3.05) is 18.5 Å². The van der Waals surface area contributed by atoms with Gasteiger partial charge < -0.3 is 15.8 Å². The third kappa shape index (κ3) is 5.92. The smallest absolute Gasteiger partial charge is 0.422 e. The van der Waals surface area contributed by atoms with Crippen LogP contribution in [0.2, 0.25) is 0 Å². The van der Waals surface area contributed by atoms with Crippen LogP contribution in [-0.4, -0.2) is 25.2 Å². The molecule has 0 atom stereocenters. The van der Waals surface area contributed by atoms with E-state index in [4.69, 9.17) is 5.73 Å². The molecule has 1 aromatic carbocycles. The van der Waals surface area contributed by atoms with Gasteiger partial charge in [-0.25, -0.2) is 0 Å². The number of hydrogen-bond donors (Lipinski definition) is 2. The molecule has 0 saturated heterocycles. The Labute approximate surface area is 115 Å². The minimum absolute atomic E-state index is 0.141. The van der Waals surface area contributed by atoms with Crippen molar-refractivity contribution in [1.82, 2.24) is 0 Å². The lowest BCUT2D eigenvalue weighted by atomic mass is 10.2. The average molecular weight is 290 g/mol. The molecule has 0 bridgehead atoms. The van der Waals surface area contributed by atoms with Crippen LogP contribution in [0, 0.1) is 6.92 Å². The first-order valence-electron chi connectivity index (χ1n) is 6.12. The minimum atomic E-state index is -4.37. The highest BCUT2D eigenvalue weighted by molar-refractivity contribution is 5.90. The van der Waals surface area contributed by atoms with Crippen molar-refractivity contribution < 1.29 is 22.7 Å². The average Bonchev–Trinajstić information content (AvgIpc) is 2.34. The number of nitrogens with one attached hydrogen (secondary N) is 1. The third-order valence-electron chi connectivity index (χ3n) is 2.46. The van der Waals surface area contributed by atoms with Gasteiger partial charge >= 0.3 is 6.18 Å². The Balaban J connectivity index is 2.61. The van der Waals surface area contributed by atoms with E-state index >= 15 is 0 Å². The number of rotatable bonds is 6. The molecule has 0 unspecified atom stereocenters. The topological polar surface area (TPSA) is 64.4 Å². The molecular weight excluding hydrogens is 273 g/mol. The Hall–Kier alpha value is -1.76. The number of alkyl halides is 3. The van der Waals surface area contributed by atoms with Crippen molar-refractivity contribution >= 4 is 11.6 Å². The molecule has 0 radical (unpaired) electrons. The summed E-state index contributed by atoms with van der Waals surface area (Å²) in [5.74, 6) is -0.0407. The molecule has 3 N–H and O–H groups in total. The van der Waals surface area contributed by atoms with Gasteiger partial charge in [0.05, 0.1) is 0 Å². The Morgan fingerprint density at radius 2 is 2.10 bits per heavy atom. The molecule has 0 spiro atoms. The molecular formula is C13H17F3N2O2. The number of benzene rings is 1. The number of nitrogens with two attached hydrogens (primary N) is 1. The predicted octanol–water partition coefficient (Wildman–Crippen LogP) is 2.61. The molecule has 0 heterocycles. The summed E-state index contributed by atoms with van der Waals surface area (Å²) in [6, 6.07) is 4.46. The number of hydrogen-bond acceptors (Lipinski definition) is 3. The second-order valence-corrected chi connectivity index (χ2v) is 4.32. The first-order chi connectivity index (χ1) is 9.31. The van der Waals surface area contributed by atoms with E-state index in [0.717, 1.165) is 0 Å². The normalized spacial score (nSPS) is 11.2. The molecule has 7 heteroatoms. The van der Waals surface area contributed by atoms with E-state index in [2.05, 4.69) is 10.1 Å². The fourth-order valence-corrected chi connectivity index (χ4v) is 1.53. The lowest BCUT2D eigenvalue weighted by Gasteiger charge is -2.12. The zero-order valence-electron chi connectivity index (χ0n) is 11.1. The fraction of sp³-hybridized carbons (Fsp3) is 0.462. The number of carbonyl (C=O) groups is 1. The van der Waals surface area contributed by atoms with Crippen molar-refractivity contribution in [1.29, 1.82) is 0 Å². The van der Waals surface area contributed by atoms with Crippen molar-refractivity contribution in [2.24, 2.45) is 5.73 Å². The molecule has 1 amide bonds. The summed E-state index contributed by atoms with van der Waals surface area (Å²) in [6.45, 7) is 0.702. The second kappa shape index (κ2) is 7.14. The summed E-state index contributed by atoms with van der Waals surface area (Å²) < 4.78 is 40.8. The molecule has 112 valence electrons. The number of halogens is 3. The van der Waals surface area contributed by atoms with Crippen LogP contribution < -0.4 is 15.8 Å². The predicted molar refractivity (Wildman–Crippen MR) is 69.6 cm³/mol. The van der Waals surface area contributed by atoms with E-state index in [9.17, 15) is 18.0 Å². The highest BCUT2D eigenvalue weighted by atomic mass is 19.4. The third-order valence-corrected chi connectivity index (χ3v) is 2.46. The SMILES string of the molecule is Cc1cc(NC(=O)CCCN)ccc1OCC(F)(F)F. The minimum Gasteiger partial charge on any atom is -0.484 e. The first-order valence-corrected chi connectivity index (χ1v) is 6.12. The number of amides is 1. The number of aryl methyl sites for hydroxylation is 1. The summed E-state index contributed by atoms with van der Waals surface area (Å²) in [7, 11) is 0. The standard InChI is InChI=1S/C13H17F3N2O2/c1-9-7-10(18-12(19)3-2-6-17)4-5-11(9)20-8-13(14,15)16/h4-5,7H,2-3,6,8,17H2,1H3,(H,18,19). The summed E-state index contributed by atoms with van der Waals surface area (Å²) in [5, 5.41) is 2.64. The maximum atomic E-state index is 12.1. The summed E-state index contributed by atoms with van der Waals surface area (Å²) >= 11 is 0. The van der Waals surface area contributed by atoms with Gasteiger partial charge in [0.25, 0.3) is 0 Å². The van der Waals surface area contributed by atoms with Gasteiger partial charge in [0, 0.05) is 12.1 Å². The van der Waals surface area contributed by atoms with E-state index in [1.165, 1.54) is 12.1 Å². The number of anilines is 1. The van der Waals surface area contributed by atoms with Gasteiger partial charge in [0.15, 0.2) is 6.61 Å². The molecule has 4 nitrogen and oxygen atoms in total. The zero-order valence-corrected chi connectivity index (χ0v) is 11.1. The van der Waals surface area contributed by atoms with Crippen LogP contribution >= 0.6 is 0 Å². The van der Waals surface area contributed by atoms with Crippen LogP contribution in [0.4, 0.5) is 18.9 Å². The lowest BCUT2D eigenvalue weighted by Crippen LogP contribution is -2.19. The van der Waals surface area contributed by atoms with Crippen LogP contribution in [0.1, 0.15) is 18.4 Å². The summed E-state index contributed by atoms with van der Waals surface area (Å²) in [5.41, 5.74) is 6.33. The lowest BCUT2D eigenvalue weighted by molar-refractivity contribution is -0.153. The summed E-state index contributed by atoms with van der Waals surface area (Å²) in [4.78, 5) is 11.5. The number of ether oxygens (including phenoxy) is 1. The molecule has 1 aromatic rings. The van der Waals surface area contributed by atoms with Crippen LogP contribution in [0.25, 0.3) is 0 Å². The van der Waals surface area contributed by atoms with Gasteiger partial charge in [-0.1, -0.05) is 0 Å². The van der Waals surface area contributed by atoms with Crippen molar-refractivity contribution in [2.45, 2.75) is 25.9 Å². The quantitative estimate of drug-likeness (QED) is 0.846. The Morgan fingerprint density at radius 1 is 1.40 bits per heavy atom. The Bertz CT molecular complexity index is 461. The molecule has 0 fully saturated rings. The van der Waals surface area contributed by atoms with E-state index < -0.39 is 12.8 Å². The monoisotopic (exact) mass is 290 g/mol. The van der Waals surface area contributed by atoms with Gasteiger partial charge in [0.1, 0.15) is 5.75 Å². The highest BCUT2D eigenvalue weighted by Gasteiger charge is 2.28. The van der Waals surface area contributed by atoms with E-state index in [1.54, 1.807) is 13.0 Å². The molecule has 20 heavy (non-hydrogen) atoms. The van der Waals surface area contributed by atoms with Crippen LogP contribution in [0.15, 0.2) is 18.2 Å². The van der Waals surface area contributed by atoms with Crippen molar-refractivity contribution in [3.63, 3.8) is 0 Å². The highest BCUT2D eigenvalue weighted by Crippen LogP contribution is 2.24. The Morgan fingerprint density at radius 3 is 2.65 bits per heavy atom. The van der Waals surface area contributed by atoms with Crippen LogP contribution in [0.5, 0.6) is 5.75 Å². The van der Waals surface area contributed by atoms with E-state index in [-0.39, 0.29) is 11.7 Å². The number of carbonyl (C=O) groups excluding carboxylic acids is 1. The van der Waals surface area contributed by atoms with Gasteiger partial charge in [-0.05, 0) is 43.7 Å².